The number of nitrogens with zero attached hydrogens (tertiary/aromatic N) is 2. The summed E-state index contributed by atoms with van der Waals surface area (Å²) in [6, 6.07) is 15.6. The quantitative estimate of drug-likeness (QED) is 0.678. The van der Waals surface area contributed by atoms with Gasteiger partial charge in [0.25, 0.3) is 5.91 Å². The lowest BCUT2D eigenvalue weighted by molar-refractivity contribution is -0.115. The lowest BCUT2D eigenvalue weighted by Crippen LogP contribution is -2.19. The van der Waals surface area contributed by atoms with Crippen LogP contribution in [-0.4, -0.2) is 22.8 Å². The first-order chi connectivity index (χ1) is 13.2. The highest BCUT2D eigenvalue weighted by atomic mass is 32.2. The average molecular weight is 377 g/mol. The third kappa shape index (κ3) is 3.48. The van der Waals surface area contributed by atoms with Gasteiger partial charge in [-0.05, 0) is 55.1 Å². The molecule has 3 aromatic rings. The fraction of sp³-hybridized carbons (Fsp3) is 0.143. The maximum atomic E-state index is 12.4. The first kappa shape index (κ1) is 17.4. The predicted molar refractivity (Wildman–Crippen MR) is 111 cm³/mol. The number of aromatic nitrogens is 1. The van der Waals surface area contributed by atoms with Gasteiger partial charge in [0.2, 0.25) is 0 Å². The number of carbonyl (C=O) groups excluding carboxylic acids is 1. The molecule has 0 radical (unpaired) electrons. The van der Waals surface area contributed by atoms with E-state index < -0.39 is 0 Å². The van der Waals surface area contributed by atoms with E-state index >= 15 is 0 Å². The van der Waals surface area contributed by atoms with Crippen molar-refractivity contribution in [3.63, 3.8) is 0 Å². The number of thioether (sulfide) groups is 1. The molecule has 1 fully saturated rings. The summed E-state index contributed by atoms with van der Waals surface area (Å²) in [5.74, 6) is 0.649. The fourth-order valence-electron chi connectivity index (χ4n) is 3.05. The molecule has 0 unspecified atom stereocenters. The van der Waals surface area contributed by atoms with Gasteiger partial charge in [-0.1, -0.05) is 18.2 Å². The van der Waals surface area contributed by atoms with Crippen molar-refractivity contribution in [2.75, 3.05) is 7.11 Å². The van der Waals surface area contributed by atoms with Crippen LogP contribution in [0.1, 0.15) is 12.5 Å². The zero-order valence-electron chi connectivity index (χ0n) is 15.1. The molecular formula is C21H19N3O2S. The number of hydrogen-bond acceptors (Lipinski definition) is 4. The van der Waals surface area contributed by atoms with E-state index in [1.165, 1.54) is 17.3 Å². The number of amides is 1. The molecule has 1 aliphatic rings. The third-order valence-electron chi connectivity index (χ3n) is 4.40. The Kier molecular flexibility index (Phi) is 4.73. The van der Waals surface area contributed by atoms with Crippen LogP contribution in [0.2, 0.25) is 0 Å². The lowest BCUT2D eigenvalue weighted by Gasteiger charge is -1.99. The largest absolute Gasteiger partial charge is 0.497 e. The van der Waals surface area contributed by atoms with Crippen LogP contribution >= 0.6 is 11.8 Å². The van der Waals surface area contributed by atoms with Crippen molar-refractivity contribution < 1.29 is 9.53 Å². The standard InChI is InChI=1S/C21H19N3O2S/c1-3-24-13-14(17-6-4-5-7-18(17)24)12-19-20(25)23-21(27-19)22-15-8-10-16(26-2)11-9-15/h4-13H,3H2,1-2H3,(H,22,23,25). The summed E-state index contributed by atoms with van der Waals surface area (Å²) in [6.07, 6.45) is 4.02. The Morgan fingerprint density at radius 1 is 1.19 bits per heavy atom. The molecule has 0 saturated carbocycles. The Morgan fingerprint density at radius 2 is 1.96 bits per heavy atom. The Balaban J connectivity index is 1.63. The van der Waals surface area contributed by atoms with Crippen LogP contribution in [0.4, 0.5) is 5.69 Å². The molecule has 1 saturated heterocycles. The molecule has 136 valence electrons. The molecule has 4 rings (SSSR count). The number of aliphatic imine (C=N–C) groups is 1. The van der Waals surface area contributed by atoms with Crippen LogP contribution in [0.25, 0.3) is 17.0 Å². The second kappa shape index (κ2) is 7.32. The van der Waals surface area contributed by atoms with Gasteiger partial charge in [-0.2, -0.15) is 0 Å². The highest BCUT2D eigenvalue weighted by molar-refractivity contribution is 8.18. The highest BCUT2D eigenvalue weighted by Crippen LogP contribution is 2.31. The van der Waals surface area contributed by atoms with Gasteiger partial charge in [0, 0.05) is 29.2 Å². The van der Waals surface area contributed by atoms with E-state index in [9.17, 15) is 4.79 Å². The molecule has 1 N–H and O–H groups in total. The normalized spacial score (nSPS) is 17.0. The van der Waals surface area contributed by atoms with E-state index in [2.05, 4.69) is 40.1 Å². The maximum absolute atomic E-state index is 12.4. The molecule has 2 heterocycles. The van der Waals surface area contributed by atoms with Gasteiger partial charge in [0.15, 0.2) is 5.17 Å². The van der Waals surface area contributed by atoms with Crippen molar-refractivity contribution in [1.82, 2.24) is 9.88 Å². The molecule has 6 heteroatoms. The van der Waals surface area contributed by atoms with Crippen LogP contribution in [0.15, 0.2) is 64.6 Å². The van der Waals surface area contributed by atoms with E-state index in [0.717, 1.165) is 28.9 Å². The van der Waals surface area contributed by atoms with Gasteiger partial charge in [-0.15, -0.1) is 0 Å². The van der Waals surface area contributed by atoms with E-state index in [4.69, 9.17) is 4.74 Å². The predicted octanol–water partition coefficient (Wildman–Crippen LogP) is 4.56. The van der Waals surface area contributed by atoms with Gasteiger partial charge in [-0.3, -0.25) is 4.79 Å². The number of rotatable bonds is 4. The number of carbonyl (C=O) groups is 1. The molecule has 0 bridgehead atoms. The number of para-hydroxylation sites is 1. The minimum atomic E-state index is -0.124. The van der Waals surface area contributed by atoms with Crippen molar-refractivity contribution >= 4 is 45.5 Å². The van der Waals surface area contributed by atoms with Crippen LogP contribution < -0.4 is 10.1 Å². The van der Waals surface area contributed by atoms with Gasteiger partial charge in [-0.25, -0.2) is 4.99 Å². The first-order valence-electron chi connectivity index (χ1n) is 8.69. The molecule has 1 aliphatic heterocycles. The van der Waals surface area contributed by atoms with Crippen molar-refractivity contribution in [2.24, 2.45) is 4.99 Å². The Morgan fingerprint density at radius 3 is 2.70 bits per heavy atom. The van der Waals surface area contributed by atoms with Crippen LogP contribution in [0.5, 0.6) is 5.75 Å². The molecule has 5 nitrogen and oxygen atoms in total. The van der Waals surface area contributed by atoms with Crippen LogP contribution in [0.3, 0.4) is 0 Å². The molecule has 1 amide bonds. The van der Waals surface area contributed by atoms with Gasteiger partial charge in [0.1, 0.15) is 5.75 Å². The van der Waals surface area contributed by atoms with Crippen molar-refractivity contribution in [3.8, 4) is 5.75 Å². The highest BCUT2D eigenvalue weighted by Gasteiger charge is 2.24. The minimum absolute atomic E-state index is 0.124. The van der Waals surface area contributed by atoms with E-state index in [0.29, 0.717) is 10.1 Å². The maximum Gasteiger partial charge on any atom is 0.264 e. The zero-order chi connectivity index (χ0) is 18.8. The summed E-state index contributed by atoms with van der Waals surface area (Å²) >= 11 is 1.35. The molecule has 0 atom stereocenters. The molecule has 2 aromatic carbocycles. The van der Waals surface area contributed by atoms with Crippen molar-refractivity contribution in [1.29, 1.82) is 0 Å². The Bertz CT molecular complexity index is 1060. The molecule has 0 spiro atoms. The van der Waals surface area contributed by atoms with Crippen molar-refractivity contribution in [2.45, 2.75) is 13.5 Å². The van der Waals surface area contributed by atoms with E-state index in [1.807, 2.05) is 42.5 Å². The summed E-state index contributed by atoms with van der Waals surface area (Å²) in [6.45, 7) is 2.99. The molecular weight excluding hydrogens is 358 g/mol. The summed E-state index contributed by atoms with van der Waals surface area (Å²) in [7, 11) is 1.63. The minimum Gasteiger partial charge on any atom is -0.497 e. The topological polar surface area (TPSA) is 55.6 Å². The van der Waals surface area contributed by atoms with Gasteiger partial charge < -0.3 is 14.6 Å². The first-order valence-corrected chi connectivity index (χ1v) is 9.51. The van der Waals surface area contributed by atoms with Crippen LogP contribution in [0, 0.1) is 0 Å². The number of fused-ring (bicyclic) bond motifs is 1. The van der Waals surface area contributed by atoms with Crippen molar-refractivity contribution in [3.05, 3.63) is 65.2 Å². The van der Waals surface area contributed by atoms with Gasteiger partial charge >= 0.3 is 0 Å². The van der Waals surface area contributed by atoms with Gasteiger partial charge in [0.05, 0.1) is 17.7 Å². The fourth-order valence-corrected chi connectivity index (χ4v) is 3.88. The van der Waals surface area contributed by atoms with Crippen LogP contribution in [-0.2, 0) is 11.3 Å². The molecule has 27 heavy (non-hydrogen) atoms. The Labute approximate surface area is 161 Å². The number of amidine groups is 1. The second-order valence-corrected chi connectivity index (χ2v) is 7.10. The summed E-state index contributed by atoms with van der Waals surface area (Å²) < 4.78 is 7.34. The second-order valence-electron chi connectivity index (χ2n) is 6.07. The monoisotopic (exact) mass is 377 g/mol. The Hall–Kier alpha value is -2.99. The summed E-state index contributed by atoms with van der Waals surface area (Å²) in [5, 5.41) is 4.56. The number of benzene rings is 2. The molecule has 1 aromatic heterocycles. The molecule has 0 aliphatic carbocycles. The number of ether oxygens (including phenoxy) is 1. The number of hydrogen-bond donors (Lipinski definition) is 1. The average Bonchev–Trinajstić information content (AvgIpc) is 3.23. The van der Waals surface area contributed by atoms with E-state index in [-0.39, 0.29) is 5.91 Å². The number of nitrogens with one attached hydrogen (secondary N) is 1. The zero-order valence-corrected chi connectivity index (χ0v) is 15.9. The number of methoxy groups -OCH3 is 1. The SMILES string of the molecule is CCn1cc(C=C2SC(=Nc3ccc(OC)cc3)NC2=O)c2ccccc21. The summed E-state index contributed by atoms with van der Waals surface area (Å²) in [5.41, 5.74) is 2.97. The third-order valence-corrected chi connectivity index (χ3v) is 5.31. The smallest absolute Gasteiger partial charge is 0.264 e. The summed E-state index contributed by atoms with van der Waals surface area (Å²) in [4.78, 5) is 17.5. The lowest BCUT2D eigenvalue weighted by atomic mass is 10.1. The van der Waals surface area contributed by atoms with E-state index in [1.54, 1.807) is 7.11 Å². The number of aryl methyl sites for hydroxylation is 1.